The minimum Gasteiger partial charge on any atom is -0.469 e. The highest BCUT2D eigenvalue weighted by atomic mass is 16.5. The van der Waals surface area contributed by atoms with Gasteiger partial charge in [0.2, 0.25) is 5.91 Å². The predicted molar refractivity (Wildman–Crippen MR) is 96.3 cm³/mol. The molecule has 0 saturated carbocycles. The Morgan fingerprint density at radius 3 is 2.38 bits per heavy atom. The van der Waals surface area contributed by atoms with E-state index in [1.54, 1.807) is 12.1 Å². The van der Waals surface area contributed by atoms with E-state index in [1.165, 1.54) is 12.0 Å². The van der Waals surface area contributed by atoms with Crippen LogP contribution in [0.4, 0.5) is 0 Å². The summed E-state index contributed by atoms with van der Waals surface area (Å²) in [7, 11) is 1.26. The van der Waals surface area contributed by atoms with Crippen LogP contribution < -0.4 is 5.32 Å². The lowest BCUT2D eigenvalue weighted by Crippen LogP contribution is -2.57. The molecule has 0 radical (unpaired) electrons. The van der Waals surface area contributed by atoms with Crippen molar-refractivity contribution < 1.29 is 19.1 Å². The highest BCUT2D eigenvalue weighted by Gasteiger charge is 2.35. The van der Waals surface area contributed by atoms with Crippen LogP contribution in [0.3, 0.4) is 0 Å². The normalized spacial score (nSPS) is 16.7. The molecule has 2 amide bonds. The fourth-order valence-electron chi connectivity index (χ4n) is 3.00. The Bertz CT molecular complexity index is 802. The summed E-state index contributed by atoms with van der Waals surface area (Å²) in [6.07, 6.45) is -0.157. The second-order valence-corrected chi connectivity index (χ2v) is 6.03. The number of rotatable bonds is 4. The van der Waals surface area contributed by atoms with E-state index >= 15 is 0 Å². The zero-order valence-corrected chi connectivity index (χ0v) is 14.5. The third-order valence-electron chi connectivity index (χ3n) is 4.42. The van der Waals surface area contributed by atoms with Crippen molar-refractivity contribution in [2.75, 3.05) is 20.2 Å². The Morgan fingerprint density at radius 2 is 1.73 bits per heavy atom. The molecule has 3 rings (SSSR count). The molecule has 6 heteroatoms. The molecule has 26 heavy (non-hydrogen) atoms. The number of carbonyl (C=O) groups excluding carboxylic acids is 3. The van der Waals surface area contributed by atoms with Gasteiger partial charge in [0.15, 0.2) is 0 Å². The van der Waals surface area contributed by atoms with Crippen molar-refractivity contribution in [3.8, 4) is 11.1 Å². The van der Waals surface area contributed by atoms with Gasteiger partial charge < -0.3 is 15.0 Å². The van der Waals surface area contributed by atoms with Crippen LogP contribution in [0, 0.1) is 0 Å². The molecule has 0 aliphatic carbocycles. The number of methoxy groups -OCH3 is 1. The van der Waals surface area contributed by atoms with Crippen molar-refractivity contribution >= 4 is 17.8 Å². The Labute approximate surface area is 151 Å². The van der Waals surface area contributed by atoms with E-state index in [9.17, 15) is 14.4 Å². The standard InChI is InChI=1S/C20H20N2O4/c1-26-18(23)13-17-19(24)21-11-12-22(17)20(25)16-9-7-15(8-10-16)14-5-3-2-4-6-14/h2-10,17H,11-13H2,1H3,(H,21,24)/t17-/m1/s1. The van der Waals surface area contributed by atoms with E-state index in [2.05, 4.69) is 10.1 Å². The molecule has 2 aromatic rings. The van der Waals surface area contributed by atoms with E-state index in [-0.39, 0.29) is 18.2 Å². The number of benzene rings is 2. The molecule has 1 N–H and O–H groups in total. The first-order valence-corrected chi connectivity index (χ1v) is 8.41. The van der Waals surface area contributed by atoms with Crippen LogP contribution >= 0.6 is 0 Å². The molecule has 1 aliphatic heterocycles. The van der Waals surface area contributed by atoms with E-state index in [0.29, 0.717) is 18.7 Å². The van der Waals surface area contributed by atoms with Gasteiger partial charge in [-0.25, -0.2) is 0 Å². The summed E-state index contributed by atoms with van der Waals surface area (Å²) in [5, 5.41) is 2.69. The van der Waals surface area contributed by atoms with Gasteiger partial charge in [-0.05, 0) is 23.3 Å². The highest BCUT2D eigenvalue weighted by molar-refractivity contribution is 5.99. The van der Waals surface area contributed by atoms with E-state index < -0.39 is 12.0 Å². The van der Waals surface area contributed by atoms with Crippen LogP contribution in [0.25, 0.3) is 11.1 Å². The van der Waals surface area contributed by atoms with Gasteiger partial charge in [0, 0.05) is 18.7 Å². The summed E-state index contributed by atoms with van der Waals surface area (Å²) in [5.41, 5.74) is 2.55. The van der Waals surface area contributed by atoms with Crippen LogP contribution in [-0.2, 0) is 14.3 Å². The molecule has 134 valence electrons. The van der Waals surface area contributed by atoms with Crippen LogP contribution in [0.1, 0.15) is 16.8 Å². The average Bonchev–Trinajstić information content (AvgIpc) is 2.69. The van der Waals surface area contributed by atoms with E-state index in [1.807, 2.05) is 42.5 Å². The lowest BCUT2D eigenvalue weighted by Gasteiger charge is -2.34. The topological polar surface area (TPSA) is 75.7 Å². The zero-order chi connectivity index (χ0) is 18.5. The monoisotopic (exact) mass is 352 g/mol. The Hall–Kier alpha value is -3.15. The van der Waals surface area contributed by atoms with Crippen LogP contribution in [0.15, 0.2) is 54.6 Å². The molecule has 1 aliphatic rings. The number of carbonyl (C=O) groups is 3. The first-order valence-electron chi connectivity index (χ1n) is 8.41. The van der Waals surface area contributed by atoms with Gasteiger partial charge in [0.25, 0.3) is 5.91 Å². The van der Waals surface area contributed by atoms with Gasteiger partial charge in [-0.1, -0.05) is 42.5 Å². The molecule has 0 aromatic heterocycles. The first kappa shape index (κ1) is 17.7. The van der Waals surface area contributed by atoms with Crippen molar-refractivity contribution in [1.29, 1.82) is 0 Å². The largest absolute Gasteiger partial charge is 0.469 e. The number of ether oxygens (including phenoxy) is 1. The third kappa shape index (κ3) is 3.74. The van der Waals surface area contributed by atoms with Crippen molar-refractivity contribution in [3.05, 3.63) is 60.2 Å². The van der Waals surface area contributed by atoms with Gasteiger partial charge in [-0.2, -0.15) is 0 Å². The number of hydrogen-bond donors (Lipinski definition) is 1. The first-order chi connectivity index (χ1) is 12.6. The van der Waals surface area contributed by atoms with E-state index in [4.69, 9.17) is 0 Å². The van der Waals surface area contributed by atoms with Crippen molar-refractivity contribution in [2.45, 2.75) is 12.5 Å². The fourth-order valence-corrected chi connectivity index (χ4v) is 3.00. The van der Waals surface area contributed by atoms with Crippen molar-refractivity contribution in [1.82, 2.24) is 10.2 Å². The Balaban J connectivity index is 1.80. The zero-order valence-electron chi connectivity index (χ0n) is 14.5. The number of hydrogen-bond acceptors (Lipinski definition) is 4. The van der Waals surface area contributed by atoms with Crippen LogP contribution in [-0.4, -0.2) is 48.9 Å². The summed E-state index contributed by atoms with van der Waals surface area (Å²) in [4.78, 5) is 38.0. The molecule has 6 nitrogen and oxygen atoms in total. The van der Waals surface area contributed by atoms with Gasteiger partial charge in [-0.15, -0.1) is 0 Å². The summed E-state index contributed by atoms with van der Waals surface area (Å²) in [6, 6.07) is 16.2. The average molecular weight is 352 g/mol. The molecular formula is C20H20N2O4. The molecular weight excluding hydrogens is 332 g/mol. The molecule has 1 fully saturated rings. The predicted octanol–water partition coefficient (Wildman–Crippen LogP) is 1.86. The number of amides is 2. The van der Waals surface area contributed by atoms with E-state index in [0.717, 1.165) is 11.1 Å². The SMILES string of the molecule is COC(=O)C[C@@H]1C(=O)NCCN1C(=O)c1ccc(-c2ccccc2)cc1. The summed E-state index contributed by atoms with van der Waals surface area (Å²) < 4.78 is 4.64. The van der Waals surface area contributed by atoms with Crippen molar-refractivity contribution in [2.24, 2.45) is 0 Å². The maximum absolute atomic E-state index is 12.9. The number of nitrogens with one attached hydrogen (secondary N) is 1. The minimum atomic E-state index is -0.850. The fraction of sp³-hybridized carbons (Fsp3) is 0.250. The van der Waals surface area contributed by atoms with Gasteiger partial charge in [0.05, 0.1) is 13.5 Å². The molecule has 1 saturated heterocycles. The van der Waals surface area contributed by atoms with Gasteiger partial charge in [0.1, 0.15) is 6.04 Å². The molecule has 1 atom stereocenters. The summed E-state index contributed by atoms with van der Waals surface area (Å²) in [5.74, 6) is -1.13. The number of esters is 1. The third-order valence-corrected chi connectivity index (χ3v) is 4.42. The Kier molecular flexibility index (Phi) is 5.31. The smallest absolute Gasteiger partial charge is 0.308 e. The molecule has 2 aromatic carbocycles. The minimum absolute atomic E-state index is 0.157. The highest BCUT2D eigenvalue weighted by Crippen LogP contribution is 2.21. The lowest BCUT2D eigenvalue weighted by molar-refractivity contribution is -0.145. The molecule has 0 bridgehead atoms. The quantitative estimate of drug-likeness (QED) is 0.852. The maximum Gasteiger partial charge on any atom is 0.308 e. The second kappa shape index (κ2) is 7.82. The molecule has 1 heterocycles. The van der Waals surface area contributed by atoms with Crippen LogP contribution in [0.2, 0.25) is 0 Å². The number of piperazine rings is 1. The number of nitrogens with zero attached hydrogens (tertiary/aromatic N) is 1. The summed E-state index contributed by atoms with van der Waals surface area (Å²) >= 11 is 0. The maximum atomic E-state index is 12.9. The van der Waals surface area contributed by atoms with Crippen molar-refractivity contribution in [3.63, 3.8) is 0 Å². The molecule has 0 unspecified atom stereocenters. The van der Waals surface area contributed by atoms with Gasteiger partial charge >= 0.3 is 5.97 Å². The lowest BCUT2D eigenvalue weighted by atomic mass is 10.0. The Morgan fingerprint density at radius 1 is 1.08 bits per heavy atom. The van der Waals surface area contributed by atoms with Crippen LogP contribution in [0.5, 0.6) is 0 Å². The van der Waals surface area contributed by atoms with Gasteiger partial charge in [-0.3, -0.25) is 14.4 Å². The summed E-state index contributed by atoms with van der Waals surface area (Å²) in [6.45, 7) is 0.719. The molecule has 0 spiro atoms. The second-order valence-electron chi connectivity index (χ2n) is 6.03.